The summed E-state index contributed by atoms with van der Waals surface area (Å²) in [4.78, 5) is 31.8. The van der Waals surface area contributed by atoms with Crippen LogP contribution >= 0.6 is 0 Å². The van der Waals surface area contributed by atoms with Gasteiger partial charge < -0.3 is 14.7 Å². The van der Waals surface area contributed by atoms with Gasteiger partial charge in [-0.05, 0) is 47.9 Å². The van der Waals surface area contributed by atoms with Gasteiger partial charge in [0, 0.05) is 30.9 Å². The number of fused-ring (bicyclic) bond motifs is 1. The second-order valence-corrected chi connectivity index (χ2v) is 8.15. The molecule has 1 fully saturated rings. The Morgan fingerprint density at radius 2 is 1.94 bits per heavy atom. The second-order valence-electron chi connectivity index (χ2n) is 8.15. The molecule has 0 aliphatic carbocycles. The molecule has 0 bridgehead atoms. The van der Waals surface area contributed by atoms with Crippen LogP contribution in [0.5, 0.6) is 5.75 Å². The van der Waals surface area contributed by atoms with Crippen LogP contribution in [0.1, 0.15) is 35.2 Å². The number of carbonyl (C=O) groups excluding carboxylic acids is 2. The number of aliphatic hydroxyl groups excluding tert-OH is 1. The van der Waals surface area contributed by atoms with Crippen LogP contribution in [0.2, 0.25) is 0 Å². The largest absolute Gasteiger partial charge is 0.507 e. The molecule has 0 radical (unpaired) electrons. The Labute approximate surface area is 185 Å². The van der Waals surface area contributed by atoms with E-state index in [1.54, 1.807) is 30.6 Å². The van der Waals surface area contributed by atoms with Crippen LogP contribution in [-0.4, -0.2) is 32.8 Å². The number of aliphatic hydroxyl groups is 1. The van der Waals surface area contributed by atoms with E-state index in [9.17, 15) is 14.7 Å². The van der Waals surface area contributed by atoms with Crippen molar-refractivity contribution in [1.82, 2.24) is 9.88 Å². The summed E-state index contributed by atoms with van der Waals surface area (Å²) in [5.74, 6) is -0.716. The molecule has 2 unspecified atom stereocenters. The molecule has 6 nitrogen and oxygen atoms in total. The predicted octanol–water partition coefficient (Wildman–Crippen LogP) is 4.03. The number of likely N-dealkylation sites (tertiary alicyclic amines) is 1. The van der Waals surface area contributed by atoms with Crippen molar-refractivity contribution in [3.63, 3.8) is 0 Å². The average Bonchev–Trinajstić information content (AvgIpc) is 3.31. The Bertz CT molecular complexity index is 1220. The Morgan fingerprint density at radius 1 is 1.12 bits per heavy atom. The van der Waals surface area contributed by atoms with Gasteiger partial charge >= 0.3 is 0 Å². The maximum atomic E-state index is 13.1. The fraction of sp³-hybridized carbons (Fsp3) is 0.192. The van der Waals surface area contributed by atoms with Gasteiger partial charge in [-0.3, -0.25) is 14.6 Å². The van der Waals surface area contributed by atoms with Crippen molar-refractivity contribution >= 4 is 17.4 Å². The average molecular weight is 426 g/mol. The highest BCUT2D eigenvalue weighted by molar-refractivity contribution is 6.46. The molecular weight excluding hydrogens is 404 g/mol. The Kier molecular flexibility index (Phi) is 4.98. The first kappa shape index (κ1) is 20.0. The lowest BCUT2D eigenvalue weighted by Gasteiger charge is -2.25. The summed E-state index contributed by atoms with van der Waals surface area (Å²) in [6.07, 6.45) is 4.12. The summed E-state index contributed by atoms with van der Waals surface area (Å²) in [7, 11) is 0. The number of nitrogens with zero attached hydrogens (tertiary/aromatic N) is 2. The van der Waals surface area contributed by atoms with Crippen LogP contribution < -0.4 is 4.74 Å². The van der Waals surface area contributed by atoms with E-state index >= 15 is 0 Å². The zero-order valence-electron chi connectivity index (χ0n) is 17.6. The summed E-state index contributed by atoms with van der Waals surface area (Å²) in [6, 6.07) is 17.6. The van der Waals surface area contributed by atoms with Crippen LogP contribution in [0.15, 0.2) is 78.6 Å². The highest BCUT2D eigenvalue weighted by Gasteiger charge is 2.46. The van der Waals surface area contributed by atoms with E-state index in [0.717, 1.165) is 28.9 Å². The minimum Gasteiger partial charge on any atom is -0.507 e. The van der Waals surface area contributed by atoms with Crippen molar-refractivity contribution in [2.75, 3.05) is 0 Å². The van der Waals surface area contributed by atoms with E-state index in [4.69, 9.17) is 4.74 Å². The van der Waals surface area contributed by atoms with Gasteiger partial charge in [-0.25, -0.2) is 0 Å². The number of hydrogen-bond acceptors (Lipinski definition) is 5. The third-order valence-electron chi connectivity index (χ3n) is 5.90. The minimum absolute atomic E-state index is 0.0665. The summed E-state index contributed by atoms with van der Waals surface area (Å²) < 4.78 is 5.75. The van der Waals surface area contributed by atoms with Crippen LogP contribution in [0.3, 0.4) is 0 Å². The zero-order valence-corrected chi connectivity index (χ0v) is 17.6. The summed E-state index contributed by atoms with van der Waals surface area (Å²) in [5.41, 5.74) is 3.13. The molecule has 1 amide bonds. The van der Waals surface area contributed by atoms with E-state index in [-0.39, 0.29) is 24.0 Å². The number of benzene rings is 2. The number of amides is 1. The van der Waals surface area contributed by atoms with Crippen LogP contribution in [0.4, 0.5) is 0 Å². The molecule has 160 valence electrons. The SMILES string of the molecule is CC1Cc2cc(/C(O)=C3\C(=O)C(=O)N(Cc4cccnc4)C3c3ccccc3)ccc2O1. The van der Waals surface area contributed by atoms with E-state index in [1.165, 1.54) is 4.90 Å². The Morgan fingerprint density at radius 3 is 2.69 bits per heavy atom. The van der Waals surface area contributed by atoms with Crippen LogP contribution in [0.25, 0.3) is 5.76 Å². The number of pyridine rings is 1. The van der Waals surface area contributed by atoms with Gasteiger partial charge in [0.05, 0.1) is 11.6 Å². The topological polar surface area (TPSA) is 79.7 Å². The van der Waals surface area contributed by atoms with E-state index < -0.39 is 17.7 Å². The molecular formula is C26H22N2O4. The lowest BCUT2D eigenvalue weighted by Crippen LogP contribution is -2.29. The van der Waals surface area contributed by atoms with Gasteiger partial charge in [-0.15, -0.1) is 0 Å². The molecule has 0 spiro atoms. The number of aromatic nitrogens is 1. The minimum atomic E-state index is -0.695. The van der Waals surface area contributed by atoms with Crippen molar-refractivity contribution in [2.45, 2.75) is 32.0 Å². The lowest BCUT2D eigenvalue weighted by molar-refractivity contribution is -0.140. The molecule has 0 saturated carbocycles. The summed E-state index contributed by atoms with van der Waals surface area (Å²) in [6.45, 7) is 2.20. The normalized spacial score (nSPS) is 21.5. The molecule has 5 rings (SSSR count). The molecule has 1 N–H and O–H groups in total. The van der Waals surface area contributed by atoms with Gasteiger partial charge in [0.1, 0.15) is 17.6 Å². The number of rotatable bonds is 4. The third kappa shape index (κ3) is 3.43. The molecule has 32 heavy (non-hydrogen) atoms. The van der Waals surface area contributed by atoms with E-state index in [0.29, 0.717) is 5.56 Å². The number of Topliss-reactive ketones (excluding diaryl/α,β-unsaturated/α-hetero) is 1. The number of carbonyl (C=O) groups is 2. The second kappa shape index (κ2) is 7.96. The van der Waals surface area contributed by atoms with Gasteiger partial charge in [0.25, 0.3) is 11.7 Å². The molecule has 1 aromatic heterocycles. The fourth-order valence-corrected chi connectivity index (χ4v) is 4.44. The van der Waals surface area contributed by atoms with Crippen molar-refractivity contribution in [2.24, 2.45) is 0 Å². The third-order valence-corrected chi connectivity index (χ3v) is 5.90. The Balaban J connectivity index is 1.62. The van der Waals surface area contributed by atoms with Crippen LogP contribution in [-0.2, 0) is 22.6 Å². The molecule has 2 aliphatic heterocycles. The standard InChI is InChI=1S/C26H22N2O4/c1-16-12-20-13-19(9-10-21(20)32-16)24(29)22-23(18-7-3-2-4-8-18)28(26(31)25(22)30)15-17-6-5-11-27-14-17/h2-11,13-14,16,23,29H,12,15H2,1H3/b24-22+. The molecule has 1 saturated heterocycles. The van der Waals surface area contributed by atoms with Crippen molar-refractivity contribution < 1.29 is 19.4 Å². The maximum absolute atomic E-state index is 13.1. The molecule has 2 atom stereocenters. The first-order valence-corrected chi connectivity index (χ1v) is 10.5. The van der Waals surface area contributed by atoms with Gasteiger partial charge in [0.15, 0.2) is 0 Å². The van der Waals surface area contributed by atoms with Gasteiger partial charge in [0.2, 0.25) is 0 Å². The van der Waals surface area contributed by atoms with E-state index in [1.807, 2.05) is 49.4 Å². The summed E-state index contributed by atoms with van der Waals surface area (Å²) >= 11 is 0. The number of hydrogen-bond donors (Lipinski definition) is 1. The maximum Gasteiger partial charge on any atom is 0.295 e. The summed E-state index contributed by atoms with van der Waals surface area (Å²) in [5, 5.41) is 11.2. The van der Waals surface area contributed by atoms with Gasteiger partial charge in [-0.1, -0.05) is 36.4 Å². The smallest absolute Gasteiger partial charge is 0.295 e. The zero-order chi connectivity index (χ0) is 22.2. The van der Waals surface area contributed by atoms with Crippen molar-refractivity contribution in [3.05, 3.63) is 101 Å². The first-order valence-electron chi connectivity index (χ1n) is 10.5. The fourth-order valence-electron chi connectivity index (χ4n) is 4.44. The molecule has 3 aromatic rings. The highest BCUT2D eigenvalue weighted by Crippen LogP contribution is 2.41. The van der Waals surface area contributed by atoms with E-state index in [2.05, 4.69) is 4.98 Å². The van der Waals surface area contributed by atoms with Crippen molar-refractivity contribution in [1.29, 1.82) is 0 Å². The van der Waals surface area contributed by atoms with Crippen LogP contribution in [0, 0.1) is 0 Å². The predicted molar refractivity (Wildman–Crippen MR) is 119 cm³/mol. The number of ketones is 1. The monoisotopic (exact) mass is 426 g/mol. The highest BCUT2D eigenvalue weighted by atomic mass is 16.5. The molecule has 3 heterocycles. The first-order chi connectivity index (χ1) is 15.5. The number of ether oxygens (including phenoxy) is 1. The Hall–Kier alpha value is -3.93. The van der Waals surface area contributed by atoms with Crippen molar-refractivity contribution in [3.8, 4) is 5.75 Å². The molecule has 2 aromatic carbocycles. The quantitative estimate of drug-likeness (QED) is 0.387. The molecule has 2 aliphatic rings. The molecule has 6 heteroatoms. The van der Waals surface area contributed by atoms with Gasteiger partial charge in [-0.2, -0.15) is 0 Å². The lowest BCUT2D eigenvalue weighted by atomic mass is 9.94.